The highest BCUT2D eigenvalue weighted by atomic mass is 79.9. The summed E-state index contributed by atoms with van der Waals surface area (Å²) in [4.78, 5) is 0. The summed E-state index contributed by atoms with van der Waals surface area (Å²) in [7, 11) is 0. The van der Waals surface area contributed by atoms with Gasteiger partial charge in [-0.25, -0.2) is 0 Å². The van der Waals surface area contributed by atoms with Crippen LogP contribution in [0.2, 0.25) is 0 Å². The molecule has 0 aliphatic carbocycles. The second-order valence-corrected chi connectivity index (χ2v) is 4.49. The van der Waals surface area contributed by atoms with Crippen LogP contribution in [0.3, 0.4) is 0 Å². The molecule has 0 radical (unpaired) electrons. The van der Waals surface area contributed by atoms with Crippen molar-refractivity contribution in [2.24, 2.45) is 0 Å². The summed E-state index contributed by atoms with van der Waals surface area (Å²) in [5, 5.41) is 0. The van der Waals surface area contributed by atoms with Gasteiger partial charge in [0, 0.05) is 4.47 Å². The SMILES string of the molecule is CC1CCCc2ccc(Br)cc2O1. The van der Waals surface area contributed by atoms with Crippen LogP contribution in [0.1, 0.15) is 25.3 Å². The molecule has 1 aliphatic rings. The number of ether oxygens (including phenoxy) is 1. The molecule has 0 fully saturated rings. The first-order chi connectivity index (χ1) is 6.25. The Morgan fingerprint density at radius 3 is 3.15 bits per heavy atom. The maximum absolute atomic E-state index is 5.81. The van der Waals surface area contributed by atoms with Gasteiger partial charge < -0.3 is 4.74 Å². The number of hydrogen-bond acceptors (Lipinski definition) is 1. The molecule has 2 rings (SSSR count). The quantitative estimate of drug-likeness (QED) is 0.674. The minimum atomic E-state index is 0.357. The number of benzene rings is 1. The Balaban J connectivity index is 2.35. The third-order valence-electron chi connectivity index (χ3n) is 2.41. The predicted molar refractivity (Wildman–Crippen MR) is 57.2 cm³/mol. The zero-order chi connectivity index (χ0) is 9.26. The lowest BCUT2D eigenvalue weighted by Crippen LogP contribution is -2.09. The first-order valence-corrected chi connectivity index (χ1v) is 5.50. The molecule has 0 spiro atoms. The van der Waals surface area contributed by atoms with Crippen LogP contribution in [0.5, 0.6) is 5.75 Å². The molecule has 0 saturated heterocycles. The molecule has 1 aromatic rings. The van der Waals surface area contributed by atoms with Gasteiger partial charge in [0.05, 0.1) is 6.10 Å². The minimum Gasteiger partial charge on any atom is -0.490 e. The number of halogens is 1. The van der Waals surface area contributed by atoms with Gasteiger partial charge in [-0.2, -0.15) is 0 Å². The number of rotatable bonds is 0. The van der Waals surface area contributed by atoms with Gasteiger partial charge >= 0.3 is 0 Å². The molecule has 1 atom stereocenters. The highest BCUT2D eigenvalue weighted by Gasteiger charge is 2.13. The van der Waals surface area contributed by atoms with E-state index in [-0.39, 0.29) is 0 Å². The fourth-order valence-corrected chi connectivity index (χ4v) is 2.04. The molecular formula is C11H13BrO. The van der Waals surface area contributed by atoms with Gasteiger partial charge in [0.15, 0.2) is 0 Å². The highest BCUT2D eigenvalue weighted by molar-refractivity contribution is 9.10. The fourth-order valence-electron chi connectivity index (χ4n) is 1.70. The lowest BCUT2D eigenvalue weighted by atomic mass is 10.1. The standard InChI is InChI=1S/C11H13BrO/c1-8-3-2-4-9-5-6-10(12)7-11(9)13-8/h5-8H,2-4H2,1H3. The molecule has 13 heavy (non-hydrogen) atoms. The molecule has 0 N–H and O–H groups in total. The van der Waals surface area contributed by atoms with Crippen LogP contribution in [0, 0.1) is 0 Å². The smallest absolute Gasteiger partial charge is 0.124 e. The van der Waals surface area contributed by atoms with Crippen molar-refractivity contribution in [3.8, 4) is 5.75 Å². The third-order valence-corrected chi connectivity index (χ3v) is 2.91. The van der Waals surface area contributed by atoms with E-state index in [2.05, 4.69) is 41.1 Å². The molecular weight excluding hydrogens is 228 g/mol. The maximum Gasteiger partial charge on any atom is 0.124 e. The first-order valence-electron chi connectivity index (χ1n) is 4.71. The Morgan fingerprint density at radius 1 is 1.46 bits per heavy atom. The summed E-state index contributed by atoms with van der Waals surface area (Å²) in [6, 6.07) is 6.30. The first kappa shape index (κ1) is 9.07. The van der Waals surface area contributed by atoms with Crippen LogP contribution < -0.4 is 4.74 Å². The Bertz CT molecular complexity index is 309. The van der Waals surface area contributed by atoms with Gasteiger partial charge in [-0.1, -0.05) is 22.0 Å². The van der Waals surface area contributed by atoms with Gasteiger partial charge in [-0.3, -0.25) is 0 Å². The van der Waals surface area contributed by atoms with Crippen molar-refractivity contribution in [3.63, 3.8) is 0 Å². The fraction of sp³-hybridized carbons (Fsp3) is 0.455. The third kappa shape index (κ3) is 2.05. The summed E-state index contributed by atoms with van der Waals surface area (Å²) in [6.45, 7) is 2.13. The Kier molecular flexibility index (Phi) is 2.58. The zero-order valence-electron chi connectivity index (χ0n) is 7.72. The molecule has 1 nitrogen and oxygen atoms in total. The van der Waals surface area contributed by atoms with E-state index in [4.69, 9.17) is 4.74 Å². The summed E-state index contributed by atoms with van der Waals surface area (Å²) in [6.07, 6.45) is 3.89. The minimum absolute atomic E-state index is 0.357. The van der Waals surface area contributed by atoms with Crippen molar-refractivity contribution in [1.82, 2.24) is 0 Å². The number of fused-ring (bicyclic) bond motifs is 1. The molecule has 0 amide bonds. The van der Waals surface area contributed by atoms with E-state index in [1.807, 2.05) is 0 Å². The Hall–Kier alpha value is -0.500. The summed E-state index contributed by atoms with van der Waals surface area (Å²) < 4.78 is 6.91. The van der Waals surface area contributed by atoms with Gasteiger partial charge in [-0.05, 0) is 43.9 Å². The van der Waals surface area contributed by atoms with Gasteiger partial charge in [0.25, 0.3) is 0 Å². The van der Waals surface area contributed by atoms with E-state index < -0.39 is 0 Å². The normalized spacial score (nSPS) is 21.5. The van der Waals surface area contributed by atoms with Crippen molar-refractivity contribution in [3.05, 3.63) is 28.2 Å². The molecule has 70 valence electrons. The van der Waals surface area contributed by atoms with E-state index in [1.165, 1.54) is 12.0 Å². The monoisotopic (exact) mass is 240 g/mol. The van der Waals surface area contributed by atoms with Crippen LogP contribution in [0.25, 0.3) is 0 Å². The van der Waals surface area contributed by atoms with E-state index in [0.29, 0.717) is 6.10 Å². The molecule has 0 saturated carbocycles. The van der Waals surface area contributed by atoms with Crippen LogP contribution >= 0.6 is 15.9 Å². The highest BCUT2D eigenvalue weighted by Crippen LogP contribution is 2.29. The van der Waals surface area contributed by atoms with E-state index in [9.17, 15) is 0 Å². The molecule has 1 aliphatic heterocycles. The van der Waals surface area contributed by atoms with Crippen molar-refractivity contribution >= 4 is 15.9 Å². The van der Waals surface area contributed by atoms with Crippen LogP contribution in [-0.2, 0) is 6.42 Å². The molecule has 1 heterocycles. The summed E-state index contributed by atoms with van der Waals surface area (Å²) in [5.41, 5.74) is 1.34. The topological polar surface area (TPSA) is 9.23 Å². The van der Waals surface area contributed by atoms with Gasteiger partial charge in [-0.15, -0.1) is 0 Å². The molecule has 0 bridgehead atoms. The van der Waals surface area contributed by atoms with Crippen molar-refractivity contribution in [1.29, 1.82) is 0 Å². The summed E-state index contributed by atoms with van der Waals surface area (Å²) >= 11 is 3.46. The van der Waals surface area contributed by atoms with Gasteiger partial charge in [0.2, 0.25) is 0 Å². The molecule has 1 unspecified atom stereocenters. The second kappa shape index (κ2) is 3.70. The summed E-state index contributed by atoms with van der Waals surface area (Å²) in [5.74, 6) is 1.05. The number of hydrogen-bond donors (Lipinski definition) is 0. The maximum atomic E-state index is 5.81. The second-order valence-electron chi connectivity index (χ2n) is 3.57. The molecule has 2 heteroatoms. The van der Waals surface area contributed by atoms with Crippen LogP contribution in [0.4, 0.5) is 0 Å². The predicted octanol–water partition coefficient (Wildman–Crippen LogP) is 3.55. The van der Waals surface area contributed by atoms with E-state index in [0.717, 1.165) is 23.1 Å². The van der Waals surface area contributed by atoms with Crippen LogP contribution in [0.15, 0.2) is 22.7 Å². The van der Waals surface area contributed by atoms with Crippen molar-refractivity contribution < 1.29 is 4.74 Å². The lowest BCUT2D eigenvalue weighted by molar-refractivity contribution is 0.216. The zero-order valence-corrected chi connectivity index (χ0v) is 9.30. The van der Waals surface area contributed by atoms with Gasteiger partial charge in [0.1, 0.15) is 5.75 Å². The van der Waals surface area contributed by atoms with Crippen molar-refractivity contribution in [2.75, 3.05) is 0 Å². The van der Waals surface area contributed by atoms with Crippen molar-refractivity contribution in [2.45, 2.75) is 32.3 Å². The van der Waals surface area contributed by atoms with Crippen LogP contribution in [-0.4, -0.2) is 6.10 Å². The Morgan fingerprint density at radius 2 is 2.31 bits per heavy atom. The lowest BCUT2D eigenvalue weighted by Gasteiger charge is -2.12. The molecule has 0 aromatic heterocycles. The number of aryl methyl sites for hydroxylation is 1. The van der Waals surface area contributed by atoms with E-state index in [1.54, 1.807) is 0 Å². The largest absolute Gasteiger partial charge is 0.490 e. The van der Waals surface area contributed by atoms with E-state index >= 15 is 0 Å². The molecule has 1 aromatic carbocycles. The average molecular weight is 241 g/mol. The average Bonchev–Trinajstić information content (AvgIpc) is 2.25. The Labute approximate surface area is 87.2 Å².